The number of hydrogen-bond donors (Lipinski definition) is 2. The highest BCUT2D eigenvalue weighted by Crippen LogP contribution is 2.20. The minimum atomic E-state index is 0.202. The second-order valence-corrected chi connectivity index (χ2v) is 4.59. The molecule has 0 saturated carbocycles. The van der Waals surface area contributed by atoms with Gasteiger partial charge in [-0.25, -0.2) is 4.98 Å². The fourth-order valence-corrected chi connectivity index (χ4v) is 1.82. The lowest BCUT2D eigenvalue weighted by molar-refractivity contribution is 0.288. The molecule has 0 atom stereocenters. The van der Waals surface area contributed by atoms with Gasteiger partial charge in [0.25, 0.3) is 0 Å². The summed E-state index contributed by atoms with van der Waals surface area (Å²) in [6, 6.07) is 0.347. The third-order valence-electron chi connectivity index (χ3n) is 2.73. The second kappa shape index (κ2) is 7.16. The lowest BCUT2D eigenvalue weighted by atomic mass is 10.2. The predicted molar refractivity (Wildman–Crippen MR) is 75.1 cm³/mol. The van der Waals surface area contributed by atoms with Gasteiger partial charge in [0.15, 0.2) is 0 Å². The molecule has 5 heteroatoms. The number of nitrogens with zero attached hydrogens (tertiary/aromatic N) is 3. The Hall–Kier alpha value is -1.36. The van der Waals surface area contributed by atoms with E-state index in [4.69, 9.17) is 5.11 Å². The average Bonchev–Trinajstić information content (AvgIpc) is 2.33. The number of rotatable bonds is 7. The van der Waals surface area contributed by atoms with E-state index in [0.717, 1.165) is 30.9 Å². The molecular formula is C13H24N4O. The molecule has 0 spiro atoms. The summed E-state index contributed by atoms with van der Waals surface area (Å²) in [5.41, 5.74) is 1.06. The Bertz CT molecular complexity index is 368. The van der Waals surface area contributed by atoms with Crippen LogP contribution >= 0.6 is 0 Å². The molecule has 0 aliphatic rings. The molecule has 1 heterocycles. The molecule has 102 valence electrons. The van der Waals surface area contributed by atoms with E-state index >= 15 is 0 Å². The summed E-state index contributed by atoms with van der Waals surface area (Å²) in [7, 11) is 0. The Morgan fingerprint density at radius 1 is 1.44 bits per heavy atom. The molecule has 0 radical (unpaired) electrons. The SMILES string of the molecule is CCNc1ncc(C)c(N(CCCO)C(C)C)n1. The van der Waals surface area contributed by atoms with Crippen molar-refractivity contribution >= 4 is 11.8 Å². The van der Waals surface area contributed by atoms with Crippen LogP contribution in [0.2, 0.25) is 0 Å². The van der Waals surface area contributed by atoms with Crippen LogP contribution in [0.25, 0.3) is 0 Å². The van der Waals surface area contributed by atoms with Crippen molar-refractivity contribution in [2.45, 2.75) is 40.2 Å². The monoisotopic (exact) mass is 252 g/mol. The maximum atomic E-state index is 8.98. The summed E-state index contributed by atoms with van der Waals surface area (Å²) in [4.78, 5) is 11.0. The number of aryl methyl sites for hydroxylation is 1. The summed E-state index contributed by atoms with van der Waals surface area (Å²) >= 11 is 0. The van der Waals surface area contributed by atoms with Crippen LogP contribution in [-0.4, -0.2) is 40.8 Å². The molecule has 2 N–H and O–H groups in total. The Morgan fingerprint density at radius 2 is 2.17 bits per heavy atom. The molecule has 5 nitrogen and oxygen atoms in total. The van der Waals surface area contributed by atoms with Crippen LogP contribution in [0.15, 0.2) is 6.20 Å². The molecule has 0 aliphatic carbocycles. The number of nitrogens with one attached hydrogen (secondary N) is 1. The molecule has 1 aromatic rings. The molecule has 1 aromatic heterocycles. The number of hydrogen-bond acceptors (Lipinski definition) is 5. The van der Waals surface area contributed by atoms with Gasteiger partial charge in [-0.3, -0.25) is 0 Å². The fourth-order valence-electron chi connectivity index (χ4n) is 1.82. The first-order valence-electron chi connectivity index (χ1n) is 6.55. The Balaban J connectivity index is 2.97. The van der Waals surface area contributed by atoms with Crippen molar-refractivity contribution in [1.29, 1.82) is 0 Å². The predicted octanol–water partition coefficient (Wildman–Crippen LogP) is 1.81. The van der Waals surface area contributed by atoms with Crippen molar-refractivity contribution in [3.63, 3.8) is 0 Å². The van der Waals surface area contributed by atoms with E-state index in [9.17, 15) is 0 Å². The van der Waals surface area contributed by atoms with Crippen molar-refractivity contribution in [1.82, 2.24) is 9.97 Å². The smallest absolute Gasteiger partial charge is 0.224 e. The summed E-state index contributed by atoms with van der Waals surface area (Å²) in [6.45, 7) is 10.1. The van der Waals surface area contributed by atoms with Gasteiger partial charge in [0.2, 0.25) is 5.95 Å². The Morgan fingerprint density at radius 3 is 2.72 bits per heavy atom. The molecule has 0 unspecified atom stereocenters. The van der Waals surface area contributed by atoms with Crippen molar-refractivity contribution < 1.29 is 5.11 Å². The van der Waals surface area contributed by atoms with Crippen molar-refractivity contribution in [2.24, 2.45) is 0 Å². The van der Waals surface area contributed by atoms with E-state index in [1.54, 1.807) is 0 Å². The highest BCUT2D eigenvalue weighted by molar-refractivity contribution is 5.49. The van der Waals surface area contributed by atoms with Gasteiger partial charge in [0, 0.05) is 37.5 Å². The van der Waals surface area contributed by atoms with E-state index in [2.05, 4.69) is 34.0 Å². The van der Waals surface area contributed by atoms with Crippen LogP contribution in [-0.2, 0) is 0 Å². The lowest BCUT2D eigenvalue weighted by Crippen LogP contribution is -2.33. The highest BCUT2D eigenvalue weighted by Gasteiger charge is 2.15. The first kappa shape index (κ1) is 14.7. The van der Waals surface area contributed by atoms with Gasteiger partial charge in [-0.2, -0.15) is 4.98 Å². The van der Waals surface area contributed by atoms with Crippen LogP contribution in [0.4, 0.5) is 11.8 Å². The van der Waals surface area contributed by atoms with Crippen LogP contribution in [0.1, 0.15) is 32.8 Å². The zero-order valence-electron chi connectivity index (χ0n) is 11.8. The van der Waals surface area contributed by atoms with E-state index in [0.29, 0.717) is 12.0 Å². The van der Waals surface area contributed by atoms with E-state index < -0.39 is 0 Å². The van der Waals surface area contributed by atoms with Crippen LogP contribution in [0.3, 0.4) is 0 Å². The summed E-state index contributed by atoms with van der Waals surface area (Å²) in [6.07, 6.45) is 2.59. The molecular weight excluding hydrogens is 228 g/mol. The fraction of sp³-hybridized carbons (Fsp3) is 0.692. The molecule has 0 aliphatic heterocycles. The van der Waals surface area contributed by atoms with Crippen molar-refractivity contribution in [2.75, 3.05) is 29.9 Å². The van der Waals surface area contributed by atoms with E-state index in [1.807, 2.05) is 20.0 Å². The van der Waals surface area contributed by atoms with Crippen LogP contribution in [0, 0.1) is 6.92 Å². The summed E-state index contributed by atoms with van der Waals surface area (Å²) in [5.74, 6) is 1.61. The first-order chi connectivity index (χ1) is 8.60. The lowest BCUT2D eigenvalue weighted by Gasteiger charge is -2.29. The topological polar surface area (TPSA) is 61.3 Å². The van der Waals surface area contributed by atoms with Gasteiger partial charge < -0.3 is 15.3 Å². The summed E-state index contributed by atoms with van der Waals surface area (Å²) in [5, 5.41) is 12.1. The normalized spacial score (nSPS) is 10.8. The second-order valence-electron chi connectivity index (χ2n) is 4.59. The maximum Gasteiger partial charge on any atom is 0.224 e. The minimum absolute atomic E-state index is 0.202. The number of aromatic nitrogens is 2. The van der Waals surface area contributed by atoms with Gasteiger partial charge in [0.05, 0.1) is 0 Å². The molecule has 0 aromatic carbocycles. The van der Waals surface area contributed by atoms with E-state index in [-0.39, 0.29) is 6.61 Å². The van der Waals surface area contributed by atoms with Crippen LogP contribution in [0.5, 0.6) is 0 Å². The van der Waals surface area contributed by atoms with Gasteiger partial charge >= 0.3 is 0 Å². The standard InChI is InChI=1S/C13H24N4O/c1-5-14-13-15-9-11(4)12(16-13)17(10(2)3)7-6-8-18/h9-10,18H,5-8H2,1-4H3,(H,14,15,16). The first-order valence-corrected chi connectivity index (χ1v) is 6.55. The van der Waals surface area contributed by atoms with Gasteiger partial charge in [-0.15, -0.1) is 0 Å². The van der Waals surface area contributed by atoms with Gasteiger partial charge in [-0.05, 0) is 34.1 Å². The van der Waals surface area contributed by atoms with Crippen LogP contribution < -0.4 is 10.2 Å². The van der Waals surface area contributed by atoms with E-state index in [1.165, 1.54) is 0 Å². The number of aliphatic hydroxyl groups is 1. The number of anilines is 2. The minimum Gasteiger partial charge on any atom is -0.396 e. The molecule has 18 heavy (non-hydrogen) atoms. The molecule has 0 amide bonds. The van der Waals surface area contributed by atoms with Crippen molar-refractivity contribution in [3.05, 3.63) is 11.8 Å². The third kappa shape index (κ3) is 3.84. The molecule has 1 rings (SSSR count). The van der Waals surface area contributed by atoms with Crippen molar-refractivity contribution in [3.8, 4) is 0 Å². The third-order valence-corrected chi connectivity index (χ3v) is 2.73. The largest absolute Gasteiger partial charge is 0.396 e. The highest BCUT2D eigenvalue weighted by atomic mass is 16.3. The zero-order chi connectivity index (χ0) is 13.5. The van der Waals surface area contributed by atoms with Gasteiger partial charge in [-0.1, -0.05) is 0 Å². The zero-order valence-corrected chi connectivity index (χ0v) is 11.8. The Kier molecular flexibility index (Phi) is 5.85. The molecule has 0 saturated heterocycles. The molecule has 0 bridgehead atoms. The maximum absolute atomic E-state index is 8.98. The number of aliphatic hydroxyl groups excluding tert-OH is 1. The van der Waals surface area contributed by atoms with Gasteiger partial charge in [0.1, 0.15) is 5.82 Å². The summed E-state index contributed by atoms with van der Waals surface area (Å²) < 4.78 is 0. The Labute approximate surface area is 109 Å². The quantitative estimate of drug-likeness (QED) is 0.775. The average molecular weight is 252 g/mol. The molecule has 0 fully saturated rings.